The quantitative estimate of drug-likeness (QED) is 0.793. The Morgan fingerprint density at radius 1 is 1.33 bits per heavy atom. The van der Waals surface area contributed by atoms with Crippen LogP contribution in [0.15, 0.2) is 22.7 Å². The maximum Gasteiger partial charge on any atom is 0.195 e. The number of nitrogens with zero attached hydrogens (tertiary/aromatic N) is 2. The van der Waals surface area contributed by atoms with Crippen LogP contribution in [-0.2, 0) is 5.54 Å². The second kappa shape index (κ2) is 4.59. The van der Waals surface area contributed by atoms with E-state index in [2.05, 4.69) is 26.1 Å². The maximum absolute atomic E-state index is 13.4. The Labute approximate surface area is 118 Å². The van der Waals surface area contributed by atoms with Crippen LogP contribution in [0, 0.1) is 10.6 Å². The van der Waals surface area contributed by atoms with Crippen LogP contribution in [0.2, 0.25) is 0 Å². The number of aromatic nitrogens is 3. The fraction of sp³-hybridized carbons (Fsp3) is 0.333. The van der Waals surface area contributed by atoms with Crippen LogP contribution in [0.5, 0.6) is 0 Å². The summed E-state index contributed by atoms with van der Waals surface area (Å²) in [5.74, 6) is 0.321. The molecule has 2 aromatic rings. The molecule has 1 heterocycles. The topological polar surface area (TPSA) is 33.6 Å². The third kappa shape index (κ3) is 2.54. The first-order valence-electron chi connectivity index (χ1n) is 5.43. The third-order valence-electron chi connectivity index (χ3n) is 2.46. The van der Waals surface area contributed by atoms with Crippen molar-refractivity contribution in [3.63, 3.8) is 0 Å². The number of benzene rings is 1. The fourth-order valence-corrected chi connectivity index (χ4v) is 2.67. The molecular weight excluding hydrogens is 317 g/mol. The molecule has 1 N–H and O–H groups in total. The summed E-state index contributed by atoms with van der Waals surface area (Å²) in [7, 11) is 0. The lowest BCUT2D eigenvalue weighted by Crippen LogP contribution is -2.23. The minimum atomic E-state index is -0.311. The van der Waals surface area contributed by atoms with Gasteiger partial charge in [-0.2, -0.15) is 5.10 Å². The van der Waals surface area contributed by atoms with Crippen LogP contribution in [0.25, 0.3) is 11.4 Å². The second-order valence-electron chi connectivity index (χ2n) is 5.02. The van der Waals surface area contributed by atoms with Crippen molar-refractivity contribution in [3.8, 4) is 11.4 Å². The molecule has 1 aromatic heterocycles. The first kappa shape index (κ1) is 13.4. The molecule has 18 heavy (non-hydrogen) atoms. The van der Waals surface area contributed by atoms with E-state index in [1.165, 1.54) is 12.1 Å². The van der Waals surface area contributed by atoms with E-state index in [1.807, 2.05) is 31.4 Å². The van der Waals surface area contributed by atoms with E-state index in [1.54, 1.807) is 0 Å². The van der Waals surface area contributed by atoms with Gasteiger partial charge in [-0.15, -0.1) is 0 Å². The minimum absolute atomic E-state index is 0.224. The Morgan fingerprint density at radius 3 is 2.56 bits per heavy atom. The molecule has 0 aliphatic carbocycles. The van der Waals surface area contributed by atoms with Gasteiger partial charge >= 0.3 is 0 Å². The van der Waals surface area contributed by atoms with Crippen molar-refractivity contribution in [2.75, 3.05) is 0 Å². The lowest BCUT2D eigenvalue weighted by Gasteiger charge is -2.22. The first-order chi connectivity index (χ1) is 8.29. The van der Waals surface area contributed by atoms with Crippen molar-refractivity contribution < 1.29 is 4.39 Å². The number of hydrogen-bond donors (Lipinski definition) is 1. The maximum atomic E-state index is 13.4. The number of hydrogen-bond acceptors (Lipinski definition) is 2. The normalized spacial score (nSPS) is 11.8. The van der Waals surface area contributed by atoms with Gasteiger partial charge in [-0.1, -0.05) is 15.9 Å². The molecule has 3 nitrogen and oxygen atoms in total. The predicted octanol–water partition coefficient (Wildman–Crippen LogP) is 4.26. The Hall–Kier alpha value is -1.01. The van der Waals surface area contributed by atoms with Crippen molar-refractivity contribution in [1.82, 2.24) is 14.8 Å². The summed E-state index contributed by atoms with van der Waals surface area (Å²) in [4.78, 5) is 0. The Bertz CT molecular complexity index is 619. The largest absolute Gasteiger partial charge is 0.295 e. The van der Waals surface area contributed by atoms with E-state index < -0.39 is 0 Å². The standard InChI is InChI=1S/C12H13BrFN3S/c1-12(2,3)17-10(15-16-11(17)18)7-4-8(13)6-9(14)5-7/h4-6H,1-3H3,(H,16,18). The van der Waals surface area contributed by atoms with Crippen LogP contribution in [0.3, 0.4) is 0 Å². The number of halogens is 2. The van der Waals surface area contributed by atoms with Crippen LogP contribution >= 0.6 is 28.1 Å². The van der Waals surface area contributed by atoms with E-state index in [0.29, 0.717) is 20.6 Å². The smallest absolute Gasteiger partial charge is 0.195 e. The number of H-pyrrole nitrogens is 1. The van der Waals surface area contributed by atoms with Gasteiger partial charge in [-0.25, -0.2) is 4.39 Å². The molecule has 0 saturated heterocycles. The summed E-state index contributed by atoms with van der Waals surface area (Å²) in [5.41, 5.74) is 0.460. The van der Waals surface area contributed by atoms with E-state index in [-0.39, 0.29) is 11.4 Å². The summed E-state index contributed by atoms with van der Waals surface area (Å²) >= 11 is 8.50. The van der Waals surface area contributed by atoms with Crippen LogP contribution in [0.1, 0.15) is 20.8 Å². The van der Waals surface area contributed by atoms with Gasteiger partial charge < -0.3 is 0 Å². The van der Waals surface area contributed by atoms with Gasteiger partial charge in [0.25, 0.3) is 0 Å². The monoisotopic (exact) mass is 329 g/mol. The average molecular weight is 330 g/mol. The summed E-state index contributed by atoms with van der Waals surface area (Å²) in [6.45, 7) is 6.07. The second-order valence-corrected chi connectivity index (χ2v) is 6.32. The van der Waals surface area contributed by atoms with Crippen molar-refractivity contribution in [1.29, 1.82) is 0 Å². The van der Waals surface area contributed by atoms with Gasteiger partial charge in [0.2, 0.25) is 0 Å². The van der Waals surface area contributed by atoms with Gasteiger partial charge in [0, 0.05) is 15.6 Å². The van der Waals surface area contributed by atoms with Gasteiger partial charge in [0.05, 0.1) is 0 Å². The van der Waals surface area contributed by atoms with E-state index in [4.69, 9.17) is 12.2 Å². The van der Waals surface area contributed by atoms with Gasteiger partial charge in [-0.05, 0) is 51.2 Å². The minimum Gasteiger partial charge on any atom is -0.295 e. The predicted molar refractivity (Wildman–Crippen MR) is 75.5 cm³/mol. The molecule has 96 valence electrons. The summed E-state index contributed by atoms with van der Waals surface area (Å²) in [5, 5.41) is 6.95. The van der Waals surface area contributed by atoms with Crippen molar-refractivity contribution in [2.45, 2.75) is 26.3 Å². The lowest BCUT2D eigenvalue weighted by molar-refractivity contribution is 0.395. The molecule has 0 aliphatic heterocycles. The summed E-state index contributed by atoms with van der Waals surface area (Å²) in [6.07, 6.45) is 0. The van der Waals surface area contributed by atoms with Crippen molar-refractivity contribution in [2.24, 2.45) is 0 Å². The zero-order chi connectivity index (χ0) is 13.5. The molecule has 0 aliphatic rings. The SMILES string of the molecule is CC(C)(C)n1c(-c2cc(F)cc(Br)c2)n[nH]c1=S. The van der Waals surface area contributed by atoms with Gasteiger partial charge in [0.15, 0.2) is 10.6 Å². The molecular formula is C12H13BrFN3S. The van der Waals surface area contributed by atoms with Crippen LogP contribution in [0.4, 0.5) is 4.39 Å². The Morgan fingerprint density at radius 2 is 2.00 bits per heavy atom. The highest BCUT2D eigenvalue weighted by Crippen LogP contribution is 2.27. The zero-order valence-corrected chi connectivity index (χ0v) is 12.7. The first-order valence-corrected chi connectivity index (χ1v) is 6.63. The van der Waals surface area contributed by atoms with Crippen LogP contribution in [-0.4, -0.2) is 14.8 Å². The van der Waals surface area contributed by atoms with Gasteiger partial charge in [-0.3, -0.25) is 9.67 Å². The highest BCUT2D eigenvalue weighted by atomic mass is 79.9. The van der Waals surface area contributed by atoms with Gasteiger partial charge in [0.1, 0.15) is 5.82 Å². The lowest BCUT2D eigenvalue weighted by atomic mass is 10.1. The number of aromatic amines is 1. The molecule has 0 fully saturated rings. The summed E-state index contributed by atoms with van der Waals surface area (Å²) in [6, 6.07) is 4.67. The molecule has 0 bridgehead atoms. The Kier molecular flexibility index (Phi) is 3.42. The molecule has 1 aromatic carbocycles. The van der Waals surface area contributed by atoms with Crippen LogP contribution < -0.4 is 0 Å². The summed E-state index contributed by atoms with van der Waals surface area (Å²) < 4.78 is 16.5. The van der Waals surface area contributed by atoms with E-state index in [9.17, 15) is 4.39 Å². The molecule has 0 amide bonds. The van der Waals surface area contributed by atoms with E-state index in [0.717, 1.165) is 0 Å². The van der Waals surface area contributed by atoms with Crippen molar-refractivity contribution >= 4 is 28.1 Å². The molecule has 0 unspecified atom stereocenters. The highest BCUT2D eigenvalue weighted by Gasteiger charge is 2.20. The molecule has 6 heteroatoms. The number of nitrogens with one attached hydrogen (secondary N) is 1. The molecule has 0 radical (unpaired) electrons. The Balaban J connectivity index is 2.69. The molecule has 2 rings (SSSR count). The third-order valence-corrected chi connectivity index (χ3v) is 3.20. The molecule has 0 atom stereocenters. The van der Waals surface area contributed by atoms with E-state index >= 15 is 0 Å². The fourth-order valence-electron chi connectivity index (χ4n) is 1.80. The highest BCUT2D eigenvalue weighted by molar-refractivity contribution is 9.10. The number of rotatable bonds is 1. The zero-order valence-electron chi connectivity index (χ0n) is 10.3. The molecule has 0 saturated carbocycles. The molecule has 0 spiro atoms. The average Bonchev–Trinajstić information content (AvgIpc) is 2.57. The van der Waals surface area contributed by atoms with Crippen molar-refractivity contribution in [3.05, 3.63) is 33.3 Å².